The van der Waals surface area contributed by atoms with Crippen molar-refractivity contribution in [2.24, 2.45) is 7.05 Å². The van der Waals surface area contributed by atoms with E-state index >= 15 is 0 Å². The van der Waals surface area contributed by atoms with Gasteiger partial charge in [0.05, 0.1) is 17.1 Å². The van der Waals surface area contributed by atoms with Crippen LogP contribution in [0.25, 0.3) is 11.0 Å². The van der Waals surface area contributed by atoms with Crippen molar-refractivity contribution in [3.8, 4) is 5.75 Å². The highest BCUT2D eigenvalue weighted by atomic mass is 32.2. The molecule has 0 saturated heterocycles. The zero-order chi connectivity index (χ0) is 21.7. The molecule has 0 bridgehead atoms. The highest BCUT2D eigenvalue weighted by Crippen LogP contribution is 2.23. The van der Waals surface area contributed by atoms with Gasteiger partial charge in [-0.3, -0.25) is 9.59 Å². The molecule has 160 valence electrons. The molecule has 30 heavy (non-hydrogen) atoms. The van der Waals surface area contributed by atoms with E-state index in [4.69, 9.17) is 4.98 Å². The maximum Gasteiger partial charge on any atom is 0.254 e. The molecule has 0 aliphatic carbocycles. The number of thioether (sulfide) groups is 1. The highest BCUT2D eigenvalue weighted by Gasteiger charge is 2.20. The van der Waals surface area contributed by atoms with E-state index in [0.717, 1.165) is 29.0 Å². The van der Waals surface area contributed by atoms with E-state index in [2.05, 4.69) is 5.32 Å². The minimum Gasteiger partial charge on any atom is -0.508 e. The van der Waals surface area contributed by atoms with Gasteiger partial charge in [0.15, 0.2) is 0 Å². The Kier molecular flexibility index (Phi) is 7.20. The van der Waals surface area contributed by atoms with Gasteiger partial charge in [-0.05, 0) is 50.0 Å². The molecular weight excluding hydrogens is 400 g/mol. The van der Waals surface area contributed by atoms with Gasteiger partial charge < -0.3 is 19.6 Å². The molecule has 0 unspecified atom stereocenters. The van der Waals surface area contributed by atoms with Crippen LogP contribution in [-0.4, -0.2) is 37.1 Å². The second-order valence-electron chi connectivity index (χ2n) is 7.37. The van der Waals surface area contributed by atoms with Crippen LogP contribution in [0.15, 0.2) is 41.2 Å². The number of aromatic hydroxyl groups is 1. The topological polar surface area (TPSA) is 89.2 Å². The fourth-order valence-corrected chi connectivity index (χ4v) is 4.11. The van der Waals surface area contributed by atoms with E-state index in [0.29, 0.717) is 25.1 Å². The first-order chi connectivity index (χ1) is 14.4. The number of amides is 1. The number of nitrogens with zero attached hydrogens (tertiary/aromatic N) is 3. The third kappa shape index (κ3) is 5.05. The van der Waals surface area contributed by atoms with Crippen molar-refractivity contribution in [2.45, 2.75) is 38.8 Å². The molecule has 0 aliphatic heterocycles. The Hall–Kier alpha value is -2.74. The fraction of sp³-hybridized carbons (Fsp3) is 0.409. The number of para-hydroxylation sites is 2. The largest absolute Gasteiger partial charge is 0.508 e. The summed E-state index contributed by atoms with van der Waals surface area (Å²) >= 11 is 1.74. The Morgan fingerprint density at radius 2 is 2.07 bits per heavy atom. The monoisotopic (exact) mass is 428 g/mol. The summed E-state index contributed by atoms with van der Waals surface area (Å²) in [5.41, 5.74) is 2.38. The minimum atomic E-state index is -0.259. The Balaban J connectivity index is 1.67. The van der Waals surface area contributed by atoms with Crippen molar-refractivity contribution >= 4 is 28.7 Å². The molecule has 0 aliphatic rings. The number of pyridine rings is 1. The smallest absolute Gasteiger partial charge is 0.254 e. The van der Waals surface area contributed by atoms with E-state index in [1.165, 1.54) is 6.07 Å². The van der Waals surface area contributed by atoms with Gasteiger partial charge >= 0.3 is 0 Å². The minimum absolute atomic E-state index is 0.0365. The second-order valence-corrected chi connectivity index (χ2v) is 8.35. The number of carbonyl (C=O) groups excluding carboxylic acids is 1. The quantitative estimate of drug-likeness (QED) is 0.547. The number of aryl methyl sites for hydroxylation is 2. The summed E-state index contributed by atoms with van der Waals surface area (Å²) in [6.45, 7) is 2.20. The van der Waals surface area contributed by atoms with Crippen LogP contribution in [0.5, 0.6) is 5.75 Å². The number of imidazole rings is 1. The van der Waals surface area contributed by atoms with Crippen molar-refractivity contribution in [3.63, 3.8) is 0 Å². The molecule has 3 rings (SSSR count). The molecule has 1 amide bonds. The van der Waals surface area contributed by atoms with E-state index in [9.17, 15) is 14.7 Å². The molecule has 1 aromatic carbocycles. The lowest BCUT2D eigenvalue weighted by Gasteiger charge is -2.18. The van der Waals surface area contributed by atoms with Gasteiger partial charge in [-0.15, -0.1) is 0 Å². The SMILES string of the molecule is CSCC[C@@H](NC(=O)CCCn1c(C)cc(O)cc1=O)c1nc2ccccc2n1C. The van der Waals surface area contributed by atoms with Crippen LogP contribution in [0.3, 0.4) is 0 Å². The summed E-state index contributed by atoms with van der Waals surface area (Å²) in [7, 11) is 1.98. The molecule has 0 radical (unpaired) electrons. The predicted octanol–water partition coefficient (Wildman–Crippen LogP) is 3.14. The van der Waals surface area contributed by atoms with Crippen LogP contribution in [0.1, 0.15) is 36.8 Å². The van der Waals surface area contributed by atoms with Gasteiger partial charge in [-0.2, -0.15) is 11.8 Å². The molecule has 2 aromatic heterocycles. The standard InChI is InChI=1S/C22H28N4O3S/c1-15-13-16(27)14-21(29)26(15)11-6-9-20(28)23-18(10-12-30-3)22-24-17-7-4-5-8-19(17)25(22)2/h4-5,7-8,13-14,18,27H,6,9-12H2,1-3H3,(H,23,28)/t18-/m1/s1. The molecular formula is C22H28N4O3S. The second kappa shape index (κ2) is 9.84. The van der Waals surface area contributed by atoms with Gasteiger partial charge in [0.2, 0.25) is 5.91 Å². The highest BCUT2D eigenvalue weighted by molar-refractivity contribution is 7.98. The van der Waals surface area contributed by atoms with Gasteiger partial charge in [0, 0.05) is 31.8 Å². The van der Waals surface area contributed by atoms with Crippen LogP contribution in [0.4, 0.5) is 0 Å². The molecule has 0 saturated carbocycles. The fourth-order valence-electron chi connectivity index (χ4n) is 3.64. The number of fused-ring (bicyclic) bond motifs is 1. The van der Waals surface area contributed by atoms with Crippen molar-refractivity contribution in [2.75, 3.05) is 12.0 Å². The summed E-state index contributed by atoms with van der Waals surface area (Å²) in [5.74, 6) is 1.67. The Bertz CT molecular complexity index is 1090. The van der Waals surface area contributed by atoms with Crippen molar-refractivity contribution in [1.29, 1.82) is 0 Å². The molecule has 2 N–H and O–H groups in total. The predicted molar refractivity (Wildman–Crippen MR) is 121 cm³/mol. The first kappa shape index (κ1) is 22.0. The van der Waals surface area contributed by atoms with Crippen LogP contribution >= 0.6 is 11.8 Å². The third-order valence-corrected chi connectivity index (χ3v) is 5.83. The molecule has 0 spiro atoms. The van der Waals surface area contributed by atoms with Gasteiger partial charge in [0.25, 0.3) is 5.56 Å². The number of nitrogens with one attached hydrogen (secondary N) is 1. The van der Waals surface area contributed by atoms with Crippen molar-refractivity contribution in [1.82, 2.24) is 19.4 Å². The van der Waals surface area contributed by atoms with Crippen molar-refractivity contribution in [3.05, 3.63) is 58.3 Å². The lowest BCUT2D eigenvalue weighted by Crippen LogP contribution is -2.31. The average Bonchev–Trinajstić information content (AvgIpc) is 3.04. The first-order valence-electron chi connectivity index (χ1n) is 10.0. The summed E-state index contributed by atoms with van der Waals surface area (Å²) in [4.78, 5) is 29.4. The first-order valence-corrected chi connectivity index (χ1v) is 11.4. The molecule has 7 nitrogen and oxygen atoms in total. The average molecular weight is 429 g/mol. The molecule has 0 fully saturated rings. The number of benzene rings is 1. The van der Waals surface area contributed by atoms with Crippen LogP contribution in [0.2, 0.25) is 0 Å². The Labute approximate surface area is 180 Å². The summed E-state index contributed by atoms with van der Waals surface area (Å²) in [5, 5.41) is 12.6. The zero-order valence-electron chi connectivity index (χ0n) is 17.6. The normalized spacial score (nSPS) is 12.2. The number of aromatic nitrogens is 3. The van der Waals surface area contributed by atoms with E-state index in [1.54, 1.807) is 29.3 Å². The van der Waals surface area contributed by atoms with Gasteiger partial charge in [-0.25, -0.2) is 4.98 Å². The maximum absolute atomic E-state index is 12.6. The maximum atomic E-state index is 12.6. The van der Waals surface area contributed by atoms with E-state index < -0.39 is 0 Å². The summed E-state index contributed by atoms with van der Waals surface area (Å²) in [6, 6.07) is 10.5. The molecule has 1 atom stereocenters. The van der Waals surface area contributed by atoms with E-state index in [1.807, 2.05) is 42.1 Å². The summed E-state index contributed by atoms with van der Waals surface area (Å²) < 4.78 is 3.61. The van der Waals surface area contributed by atoms with Gasteiger partial charge in [-0.1, -0.05) is 12.1 Å². The number of hydrogen-bond acceptors (Lipinski definition) is 5. The van der Waals surface area contributed by atoms with Crippen LogP contribution in [0, 0.1) is 6.92 Å². The lowest BCUT2D eigenvalue weighted by atomic mass is 10.2. The Morgan fingerprint density at radius 3 is 2.77 bits per heavy atom. The molecule has 8 heteroatoms. The number of rotatable bonds is 9. The van der Waals surface area contributed by atoms with Crippen LogP contribution < -0.4 is 10.9 Å². The lowest BCUT2D eigenvalue weighted by molar-refractivity contribution is -0.122. The zero-order valence-corrected chi connectivity index (χ0v) is 18.4. The van der Waals surface area contributed by atoms with Crippen molar-refractivity contribution < 1.29 is 9.90 Å². The third-order valence-electron chi connectivity index (χ3n) is 5.18. The van der Waals surface area contributed by atoms with E-state index in [-0.39, 0.29) is 23.3 Å². The number of carbonyl (C=O) groups is 1. The van der Waals surface area contributed by atoms with Crippen LogP contribution in [-0.2, 0) is 18.4 Å². The Morgan fingerprint density at radius 1 is 1.30 bits per heavy atom. The molecule has 3 aromatic rings. The molecule has 2 heterocycles. The van der Waals surface area contributed by atoms with Gasteiger partial charge in [0.1, 0.15) is 11.6 Å². The summed E-state index contributed by atoms with van der Waals surface area (Å²) in [6.07, 6.45) is 3.69. The number of hydrogen-bond donors (Lipinski definition) is 2.